The molecule has 0 unspecified atom stereocenters. The zero-order chi connectivity index (χ0) is 12.8. The van der Waals surface area contributed by atoms with Crippen LogP contribution in [-0.4, -0.2) is 17.9 Å². The van der Waals surface area contributed by atoms with Crippen LogP contribution in [0.1, 0.15) is 43.0 Å². The van der Waals surface area contributed by atoms with Gasteiger partial charge in [0.15, 0.2) is 6.29 Å². The first-order chi connectivity index (χ1) is 8.86. The normalized spacial score (nSPS) is 10.7. The lowest BCUT2D eigenvalue weighted by Gasteiger charge is -2.08. The Kier molecular flexibility index (Phi) is 4.40. The molecule has 0 atom stereocenters. The summed E-state index contributed by atoms with van der Waals surface area (Å²) in [5.41, 5.74) is 0.699. The largest absolute Gasteiger partial charge is 0.493 e. The monoisotopic (exact) mass is 245 g/mol. The fraction of sp³-hybridized carbons (Fsp3) is 0.400. The van der Waals surface area contributed by atoms with E-state index >= 15 is 0 Å². The third-order valence-electron chi connectivity index (χ3n) is 3.12. The average Bonchev–Trinajstić information content (AvgIpc) is 2.88. The Hall–Kier alpha value is -1.77. The summed E-state index contributed by atoms with van der Waals surface area (Å²) in [6.45, 7) is 2.93. The zero-order valence-electron chi connectivity index (χ0n) is 10.7. The molecule has 0 aliphatic rings. The Bertz CT molecular complexity index is 516. The van der Waals surface area contributed by atoms with Crippen LogP contribution in [-0.2, 0) is 0 Å². The zero-order valence-corrected chi connectivity index (χ0v) is 10.7. The number of unbranched alkanes of at least 4 members (excludes halogenated alkanes) is 3. The molecule has 2 aromatic rings. The minimum Gasteiger partial charge on any atom is -0.493 e. The molecule has 0 bridgehead atoms. The number of carbonyl (C=O) groups is 1. The molecule has 0 radical (unpaired) electrons. The van der Waals surface area contributed by atoms with Crippen molar-refractivity contribution < 1.29 is 9.53 Å². The van der Waals surface area contributed by atoms with E-state index < -0.39 is 0 Å². The Labute approximate surface area is 107 Å². The van der Waals surface area contributed by atoms with Gasteiger partial charge in [-0.05, 0) is 18.6 Å². The molecule has 1 aromatic heterocycles. The van der Waals surface area contributed by atoms with Gasteiger partial charge < -0.3 is 9.72 Å². The molecule has 0 saturated heterocycles. The number of hydrogen-bond donors (Lipinski definition) is 1. The van der Waals surface area contributed by atoms with Gasteiger partial charge in [-0.15, -0.1) is 0 Å². The number of H-pyrrole nitrogens is 1. The van der Waals surface area contributed by atoms with Gasteiger partial charge in [-0.25, -0.2) is 0 Å². The predicted octanol–water partition coefficient (Wildman–Crippen LogP) is 3.94. The summed E-state index contributed by atoms with van der Waals surface area (Å²) in [6, 6.07) is 3.68. The smallest absolute Gasteiger partial charge is 0.150 e. The summed E-state index contributed by atoms with van der Waals surface area (Å²) >= 11 is 0. The Balaban J connectivity index is 2.05. The highest BCUT2D eigenvalue weighted by atomic mass is 16.5. The Morgan fingerprint density at radius 3 is 2.78 bits per heavy atom. The molecular weight excluding hydrogens is 226 g/mol. The van der Waals surface area contributed by atoms with Crippen LogP contribution in [0.2, 0.25) is 0 Å². The predicted molar refractivity (Wildman–Crippen MR) is 73.3 cm³/mol. The summed E-state index contributed by atoms with van der Waals surface area (Å²) in [6.07, 6.45) is 9.37. The number of rotatable bonds is 7. The molecule has 0 aliphatic heterocycles. The van der Waals surface area contributed by atoms with Crippen molar-refractivity contribution in [2.24, 2.45) is 0 Å². The highest BCUT2D eigenvalue weighted by molar-refractivity contribution is 6.00. The van der Waals surface area contributed by atoms with Crippen molar-refractivity contribution in [3.63, 3.8) is 0 Å². The first-order valence-corrected chi connectivity index (χ1v) is 6.54. The third kappa shape index (κ3) is 2.73. The molecule has 96 valence electrons. The number of fused-ring (bicyclic) bond motifs is 1. The van der Waals surface area contributed by atoms with Gasteiger partial charge in [-0.1, -0.05) is 26.2 Å². The molecule has 1 N–H and O–H groups in total. The van der Waals surface area contributed by atoms with Crippen molar-refractivity contribution in [2.75, 3.05) is 6.61 Å². The molecule has 1 heterocycles. The number of carbonyl (C=O) groups excluding carboxylic acids is 1. The quantitative estimate of drug-likeness (QED) is 0.593. The molecule has 18 heavy (non-hydrogen) atoms. The lowest BCUT2D eigenvalue weighted by molar-refractivity contribution is 0.112. The molecule has 1 aromatic carbocycles. The van der Waals surface area contributed by atoms with Crippen LogP contribution < -0.4 is 4.74 Å². The van der Waals surface area contributed by atoms with E-state index in [2.05, 4.69) is 11.9 Å². The summed E-state index contributed by atoms with van der Waals surface area (Å²) in [5.74, 6) is 0.855. The lowest BCUT2D eigenvalue weighted by atomic mass is 10.1. The minimum atomic E-state index is 0.699. The second kappa shape index (κ2) is 6.24. The second-order valence-electron chi connectivity index (χ2n) is 4.46. The van der Waals surface area contributed by atoms with Gasteiger partial charge >= 0.3 is 0 Å². The molecule has 3 heteroatoms. The number of nitrogens with one attached hydrogen (secondary N) is 1. The van der Waals surface area contributed by atoms with Gasteiger partial charge in [0.25, 0.3) is 0 Å². The first kappa shape index (κ1) is 12.7. The van der Waals surface area contributed by atoms with E-state index in [1.807, 2.05) is 24.5 Å². The van der Waals surface area contributed by atoms with Crippen molar-refractivity contribution in [1.82, 2.24) is 4.98 Å². The van der Waals surface area contributed by atoms with Crippen LogP contribution in [0.4, 0.5) is 0 Å². The van der Waals surface area contributed by atoms with Gasteiger partial charge in [0, 0.05) is 28.7 Å². The van der Waals surface area contributed by atoms with Crippen molar-refractivity contribution >= 4 is 17.1 Å². The Morgan fingerprint density at radius 2 is 2.00 bits per heavy atom. The fourth-order valence-corrected chi connectivity index (χ4v) is 2.09. The van der Waals surface area contributed by atoms with Crippen LogP contribution >= 0.6 is 0 Å². The van der Waals surface area contributed by atoms with E-state index in [0.29, 0.717) is 5.56 Å². The molecule has 0 aliphatic carbocycles. The minimum absolute atomic E-state index is 0.699. The first-order valence-electron chi connectivity index (χ1n) is 6.54. The topological polar surface area (TPSA) is 42.1 Å². The average molecular weight is 245 g/mol. The van der Waals surface area contributed by atoms with Crippen molar-refractivity contribution in [3.05, 3.63) is 30.1 Å². The second-order valence-corrected chi connectivity index (χ2v) is 4.46. The fourth-order valence-electron chi connectivity index (χ4n) is 2.09. The van der Waals surface area contributed by atoms with Crippen molar-refractivity contribution in [1.29, 1.82) is 0 Å². The highest BCUT2D eigenvalue weighted by Crippen LogP contribution is 2.27. The van der Waals surface area contributed by atoms with Crippen molar-refractivity contribution in [2.45, 2.75) is 32.6 Å². The van der Waals surface area contributed by atoms with Crippen LogP contribution in [0.3, 0.4) is 0 Å². The molecule has 0 amide bonds. The maximum absolute atomic E-state index is 10.9. The van der Waals surface area contributed by atoms with Gasteiger partial charge in [-0.3, -0.25) is 4.79 Å². The van der Waals surface area contributed by atoms with Gasteiger partial charge in [0.1, 0.15) is 5.75 Å². The van der Waals surface area contributed by atoms with Gasteiger partial charge in [0.2, 0.25) is 0 Å². The molecule has 0 saturated carbocycles. The number of ether oxygens (including phenoxy) is 1. The number of aromatic nitrogens is 1. The van der Waals surface area contributed by atoms with E-state index in [9.17, 15) is 4.79 Å². The highest BCUT2D eigenvalue weighted by Gasteiger charge is 2.07. The van der Waals surface area contributed by atoms with E-state index in [1.165, 1.54) is 19.3 Å². The summed E-state index contributed by atoms with van der Waals surface area (Å²) in [4.78, 5) is 13.9. The molecule has 0 fully saturated rings. The van der Waals surface area contributed by atoms with Gasteiger partial charge in [0.05, 0.1) is 6.61 Å². The van der Waals surface area contributed by atoms with Crippen LogP contribution in [0.15, 0.2) is 24.5 Å². The van der Waals surface area contributed by atoms with Gasteiger partial charge in [-0.2, -0.15) is 0 Å². The summed E-state index contributed by atoms with van der Waals surface area (Å²) < 4.78 is 5.79. The van der Waals surface area contributed by atoms with Crippen molar-refractivity contribution in [3.8, 4) is 5.75 Å². The van der Waals surface area contributed by atoms with Crippen LogP contribution in [0.5, 0.6) is 5.75 Å². The van der Waals surface area contributed by atoms with E-state index in [-0.39, 0.29) is 0 Å². The van der Waals surface area contributed by atoms with E-state index in [4.69, 9.17) is 4.74 Å². The van der Waals surface area contributed by atoms with Crippen LogP contribution in [0.25, 0.3) is 10.8 Å². The summed E-state index contributed by atoms with van der Waals surface area (Å²) in [5, 5.41) is 1.91. The van der Waals surface area contributed by atoms with E-state index in [0.717, 1.165) is 35.8 Å². The lowest BCUT2D eigenvalue weighted by Crippen LogP contribution is -1.98. The summed E-state index contributed by atoms with van der Waals surface area (Å²) in [7, 11) is 0. The SMILES string of the molecule is CCCCCCOc1ccc(C=O)c2c[nH]cc12. The molecular formula is C15H19NO2. The standard InChI is InChI=1S/C15H19NO2/c1-2-3-4-5-8-18-15-7-6-12(11-17)13-9-16-10-14(13)15/h6-7,9-11,16H,2-5,8H2,1H3. The maximum Gasteiger partial charge on any atom is 0.150 e. The Morgan fingerprint density at radius 1 is 1.17 bits per heavy atom. The number of hydrogen-bond acceptors (Lipinski definition) is 2. The molecule has 3 nitrogen and oxygen atoms in total. The maximum atomic E-state index is 10.9. The van der Waals surface area contributed by atoms with E-state index in [1.54, 1.807) is 0 Å². The van der Waals surface area contributed by atoms with Crippen LogP contribution in [0, 0.1) is 0 Å². The molecule has 2 rings (SSSR count). The number of aldehydes is 1. The number of aromatic amines is 1. The number of benzene rings is 1. The third-order valence-corrected chi connectivity index (χ3v) is 3.12. The molecule has 0 spiro atoms.